The van der Waals surface area contributed by atoms with Crippen molar-refractivity contribution < 1.29 is 18.6 Å². The molecule has 0 aliphatic carbocycles. The van der Waals surface area contributed by atoms with Crippen LogP contribution < -0.4 is 19.5 Å². The second-order valence-electron chi connectivity index (χ2n) is 8.06. The third-order valence-electron chi connectivity index (χ3n) is 5.89. The number of nitrogens with one attached hydrogen (secondary N) is 1. The molecule has 11 heteroatoms. The fourth-order valence-electron chi connectivity index (χ4n) is 4.13. The molecule has 5 aromatic rings. The highest BCUT2D eigenvalue weighted by atomic mass is 32.1. The van der Waals surface area contributed by atoms with E-state index in [0.29, 0.717) is 46.3 Å². The largest absolute Gasteiger partial charge is 0.496 e. The molecule has 1 aliphatic heterocycles. The van der Waals surface area contributed by atoms with Crippen molar-refractivity contribution in [3.05, 3.63) is 40.5 Å². The number of thiazole rings is 1. The summed E-state index contributed by atoms with van der Waals surface area (Å²) in [5.41, 5.74) is 2.29. The second kappa shape index (κ2) is 8.90. The average Bonchev–Trinajstić information content (AvgIpc) is 3.65. The van der Waals surface area contributed by atoms with E-state index in [2.05, 4.69) is 20.8 Å². The van der Waals surface area contributed by atoms with Crippen molar-refractivity contribution in [2.45, 2.75) is 25.4 Å². The van der Waals surface area contributed by atoms with Crippen LogP contribution in [0.5, 0.6) is 16.7 Å². The van der Waals surface area contributed by atoms with Gasteiger partial charge in [-0.3, -0.25) is 0 Å². The summed E-state index contributed by atoms with van der Waals surface area (Å²) < 4.78 is 24.7. The van der Waals surface area contributed by atoms with Crippen LogP contribution in [-0.2, 0) is 6.61 Å². The first-order chi connectivity index (χ1) is 16.7. The summed E-state index contributed by atoms with van der Waals surface area (Å²) in [6, 6.07) is 5.67. The van der Waals surface area contributed by atoms with Gasteiger partial charge >= 0.3 is 0 Å². The van der Waals surface area contributed by atoms with Gasteiger partial charge in [-0.1, -0.05) is 0 Å². The Morgan fingerprint density at radius 1 is 1.15 bits per heavy atom. The maximum absolute atomic E-state index is 6.21. The lowest BCUT2D eigenvalue weighted by molar-refractivity contribution is 0.303. The number of rotatable bonds is 7. The zero-order valence-electron chi connectivity index (χ0n) is 18.7. The van der Waals surface area contributed by atoms with Crippen molar-refractivity contribution in [2.24, 2.45) is 0 Å². The molecule has 6 rings (SSSR count). The highest BCUT2D eigenvalue weighted by Crippen LogP contribution is 2.38. The molecule has 4 aromatic heterocycles. The molecule has 1 fully saturated rings. The number of benzene rings is 1. The lowest BCUT2D eigenvalue weighted by atomic mass is 9.99. The zero-order chi connectivity index (χ0) is 23.1. The Morgan fingerprint density at radius 2 is 2.03 bits per heavy atom. The standard InChI is InChI=1S/C23H23N5O4S2/c1-29-15-7-18(31-11-14-12-33-21(25-14)13-3-5-24-6-4-13)16-9-20(32-19(16)8-15)17-10-28-22(26-17)34-23(27-28)30-2/h7-10,12-13,24H,3-6,11H2,1-2H3. The molecule has 1 aliphatic rings. The summed E-state index contributed by atoms with van der Waals surface area (Å²) in [4.78, 5) is 10.2. The number of furan rings is 1. The Morgan fingerprint density at radius 3 is 2.82 bits per heavy atom. The van der Waals surface area contributed by atoms with E-state index in [-0.39, 0.29) is 0 Å². The minimum absolute atomic E-state index is 0.383. The second-order valence-corrected chi connectivity index (χ2v) is 9.87. The molecule has 1 N–H and O–H groups in total. The average molecular weight is 498 g/mol. The summed E-state index contributed by atoms with van der Waals surface area (Å²) >= 11 is 3.09. The third-order valence-corrected chi connectivity index (χ3v) is 7.83. The molecule has 0 radical (unpaired) electrons. The molecule has 0 bridgehead atoms. The van der Waals surface area contributed by atoms with Gasteiger partial charge in [0.15, 0.2) is 5.76 Å². The maximum atomic E-state index is 6.21. The summed E-state index contributed by atoms with van der Waals surface area (Å²) in [7, 11) is 3.22. The quantitative estimate of drug-likeness (QED) is 0.345. The fraction of sp³-hybridized carbons (Fsp3) is 0.348. The summed E-state index contributed by atoms with van der Waals surface area (Å²) in [5, 5.41) is 12.4. The molecular formula is C23H23N5O4S2. The molecule has 0 spiro atoms. The predicted octanol–water partition coefficient (Wildman–Crippen LogP) is 4.72. The highest BCUT2D eigenvalue weighted by molar-refractivity contribution is 7.18. The molecule has 0 amide bonds. The van der Waals surface area contributed by atoms with E-state index in [1.807, 2.05) is 24.4 Å². The van der Waals surface area contributed by atoms with Crippen LogP contribution in [0.1, 0.15) is 29.5 Å². The van der Waals surface area contributed by atoms with Gasteiger partial charge in [0, 0.05) is 23.4 Å². The van der Waals surface area contributed by atoms with Crippen LogP contribution in [0.2, 0.25) is 0 Å². The number of aromatic nitrogens is 4. The van der Waals surface area contributed by atoms with Crippen molar-refractivity contribution in [1.29, 1.82) is 0 Å². The topological polar surface area (TPSA) is 95.9 Å². The molecule has 1 aromatic carbocycles. The zero-order valence-corrected chi connectivity index (χ0v) is 20.4. The van der Waals surface area contributed by atoms with E-state index in [1.165, 1.54) is 16.3 Å². The summed E-state index contributed by atoms with van der Waals surface area (Å²) in [5.74, 6) is 2.52. The normalized spacial score (nSPS) is 14.8. The molecular weight excluding hydrogens is 474 g/mol. The highest BCUT2D eigenvalue weighted by Gasteiger charge is 2.20. The number of nitrogens with zero attached hydrogens (tertiary/aromatic N) is 4. The Bertz CT molecular complexity index is 1410. The Kier molecular flexibility index (Phi) is 5.60. The Hall–Kier alpha value is -3.15. The van der Waals surface area contributed by atoms with Crippen LogP contribution in [0.4, 0.5) is 0 Å². The number of imidazole rings is 1. The predicted molar refractivity (Wildman–Crippen MR) is 130 cm³/mol. The van der Waals surface area contributed by atoms with Crippen LogP contribution in [-0.4, -0.2) is 46.9 Å². The third kappa shape index (κ3) is 3.99. The first-order valence-corrected chi connectivity index (χ1v) is 12.7. The number of methoxy groups -OCH3 is 2. The van der Waals surface area contributed by atoms with Crippen molar-refractivity contribution in [1.82, 2.24) is 24.9 Å². The van der Waals surface area contributed by atoms with E-state index in [0.717, 1.165) is 42.0 Å². The number of fused-ring (bicyclic) bond motifs is 2. The van der Waals surface area contributed by atoms with Gasteiger partial charge in [0.05, 0.1) is 36.5 Å². The van der Waals surface area contributed by atoms with E-state index >= 15 is 0 Å². The fourth-order valence-corrected chi connectivity index (χ4v) is 5.80. The van der Waals surface area contributed by atoms with E-state index in [4.69, 9.17) is 23.6 Å². The van der Waals surface area contributed by atoms with Gasteiger partial charge in [0.25, 0.3) is 5.19 Å². The van der Waals surface area contributed by atoms with Crippen molar-refractivity contribution in [3.63, 3.8) is 0 Å². The molecule has 176 valence electrons. The van der Waals surface area contributed by atoms with Crippen LogP contribution in [0.15, 0.2) is 34.2 Å². The molecule has 1 saturated heterocycles. The van der Waals surface area contributed by atoms with E-state index < -0.39 is 0 Å². The minimum atomic E-state index is 0.383. The van der Waals surface area contributed by atoms with Gasteiger partial charge < -0.3 is 23.9 Å². The monoisotopic (exact) mass is 497 g/mol. The number of hydrogen-bond donors (Lipinski definition) is 1. The van der Waals surface area contributed by atoms with Gasteiger partial charge in [0.2, 0.25) is 4.96 Å². The van der Waals surface area contributed by atoms with Gasteiger partial charge in [-0.2, -0.15) is 0 Å². The maximum Gasteiger partial charge on any atom is 0.294 e. The van der Waals surface area contributed by atoms with E-state index in [1.54, 1.807) is 30.1 Å². The van der Waals surface area contributed by atoms with Gasteiger partial charge in [-0.05, 0) is 43.3 Å². The van der Waals surface area contributed by atoms with Crippen molar-refractivity contribution in [3.8, 4) is 28.1 Å². The first-order valence-electron chi connectivity index (χ1n) is 11.0. The summed E-state index contributed by atoms with van der Waals surface area (Å²) in [6.07, 6.45) is 4.09. The van der Waals surface area contributed by atoms with Crippen LogP contribution in [0.25, 0.3) is 27.4 Å². The number of ether oxygens (including phenoxy) is 3. The molecule has 0 unspecified atom stereocenters. The van der Waals surface area contributed by atoms with Gasteiger partial charge in [-0.15, -0.1) is 16.4 Å². The SMILES string of the molecule is COc1cc(OCc2csc(C3CCNCC3)n2)c2cc(-c3cn4nc(OC)sc4n3)oc2c1. The number of piperidine rings is 1. The van der Waals surface area contributed by atoms with Crippen LogP contribution in [0, 0.1) is 0 Å². The molecule has 0 saturated carbocycles. The molecule has 34 heavy (non-hydrogen) atoms. The Labute approximate surface area is 203 Å². The lowest BCUT2D eigenvalue weighted by Gasteiger charge is -2.20. The van der Waals surface area contributed by atoms with Gasteiger partial charge in [0.1, 0.15) is 29.4 Å². The molecule has 5 heterocycles. The van der Waals surface area contributed by atoms with Crippen molar-refractivity contribution in [2.75, 3.05) is 27.3 Å². The van der Waals surface area contributed by atoms with Crippen LogP contribution >= 0.6 is 22.7 Å². The Balaban J connectivity index is 1.27. The number of hydrogen-bond acceptors (Lipinski definition) is 10. The smallest absolute Gasteiger partial charge is 0.294 e. The minimum Gasteiger partial charge on any atom is -0.496 e. The molecule has 0 atom stereocenters. The molecule has 9 nitrogen and oxygen atoms in total. The van der Waals surface area contributed by atoms with Gasteiger partial charge in [-0.25, -0.2) is 14.5 Å². The lowest BCUT2D eigenvalue weighted by Crippen LogP contribution is -2.26. The van der Waals surface area contributed by atoms with E-state index in [9.17, 15) is 0 Å². The summed E-state index contributed by atoms with van der Waals surface area (Å²) in [6.45, 7) is 2.49. The first kappa shape index (κ1) is 21.4. The van der Waals surface area contributed by atoms with Crippen molar-refractivity contribution >= 4 is 38.6 Å². The van der Waals surface area contributed by atoms with Crippen LogP contribution in [0.3, 0.4) is 0 Å².